The van der Waals surface area contributed by atoms with E-state index in [-0.39, 0.29) is 23.7 Å². The first-order chi connectivity index (χ1) is 26.1. The Labute approximate surface area is 323 Å². The van der Waals surface area contributed by atoms with E-state index < -0.39 is 6.04 Å². The third-order valence-electron chi connectivity index (χ3n) is 8.75. The van der Waals surface area contributed by atoms with Gasteiger partial charge in [0.05, 0.1) is 11.5 Å². The molecule has 0 radical (unpaired) electrons. The molecule has 0 fully saturated rings. The third-order valence-corrected chi connectivity index (χ3v) is 10.3. The Morgan fingerprint density at radius 3 is 2.09 bits per heavy atom. The van der Waals surface area contributed by atoms with Crippen molar-refractivity contribution in [2.24, 2.45) is 0 Å². The number of nitrogens with one attached hydrogen (secondary N) is 2. The topological polar surface area (TPSA) is 131 Å². The minimum Gasteiger partial charge on any atom is -0.494 e. The molecule has 10 heteroatoms. The Morgan fingerprint density at radius 2 is 1.46 bits per heavy atom. The highest BCUT2D eigenvalue weighted by Crippen LogP contribution is 2.29. The van der Waals surface area contributed by atoms with E-state index in [0.717, 1.165) is 51.5 Å². The lowest BCUT2D eigenvalue weighted by molar-refractivity contribution is -0.123. The number of hydrogen-bond donors (Lipinski definition) is 3. The van der Waals surface area contributed by atoms with Gasteiger partial charge in [-0.3, -0.25) is 14.4 Å². The lowest BCUT2D eigenvalue weighted by Gasteiger charge is -2.19. The second-order valence-electron chi connectivity index (χ2n) is 14.1. The highest BCUT2D eigenvalue weighted by atomic mass is 32.1. The molecule has 3 aromatic carbocycles. The van der Waals surface area contributed by atoms with Crippen LogP contribution in [0.4, 0.5) is 0 Å². The zero-order valence-corrected chi connectivity index (χ0v) is 32.5. The van der Waals surface area contributed by atoms with Gasteiger partial charge >= 0.3 is 0 Å². The average Bonchev–Trinajstić information content (AvgIpc) is 3.70. The van der Waals surface area contributed by atoms with Crippen LogP contribution in [0, 0.1) is 0 Å². The first-order valence-corrected chi connectivity index (χ1v) is 19.4. The fourth-order valence-corrected chi connectivity index (χ4v) is 6.66. The number of carboxylic acid groups (broad SMARTS) is 1. The summed E-state index contributed by atoms with van der Waals surface area (Å²) in [5.74, 6) is 1.03. The molecule has 54 heavy (non-hydrogen) atoms. The van der Waals surface area contributed by atoms with Crippen molar-refractivity contribution in [2.45, 2.75) is 84.1 Å². The van der Waals surface area contributed by atoms with Gasteiger partial charge in [-0.25, -0.2) is 9.97 Å². The number of nitrogens with zero attached hydrogens (tertiary/aromatic N) is 2. The third kappa shape index (κ3) is 13.3. The summed E-state index contributed by atoms with van der Waals surface area (Å²) in [7, 11) is 0. The molecule has 0 aliphatic carbocycles. The van der Waals surface area contributed by atoms with E-state index in [9.17, 15) is 9.59 Å². The molecule has 9 nitrogen and oxygen atoms in total. The fraction of sp³-hybridized carbons (Fsp3) is 0.341. The molecule has 0 saturated carbocycles. The van der Waals surface area contributed by atoms with E-state index in [4.69, 9.17) is 14.6 Å². The molecule has 3 N–H and O–H groups in total. The number of aromatic nitrogens is 2. The van der Waals surface area contributed by atoms with E-state index in [1.54, 1.807) is 0 Å². The predicted octanol–water partition coefficient (Wildman–Crippen LogP) is 8.92. The number of amides is 2. The summed E-state index contributed by atoms with van der Waals surface area (Å²) >= 11 is 1.46. The number of thiophene rings is 1. The first kappa shape index (κ1) is 41.4. The first-order valence-electron chi connectivity index (χ1n) is 18.6. The Bertz CT molecular complexity index is 1870. The smallest absolute Gasteiger partial charge is 0.290 e. The van der Waals surface area contributed by atoms with Crippen LogP contribution in [0.1, 0.15) is 85.5 Å². The summed E-state index contributed by atoms with van der Waals surface area (Å²) in [6.45, 7) is 9.56. The van der Waals surface area contributed by atoms with Gasteiger partial charge in [0.1, 0.15) is 11.8 Å². The highest BCUT2D eigenvalue weighted by Gasteiger charge is 2.24. The summed E-state index contributed by atoms with van der Waals surface area (Å²) in [5, 5.41) is 12.9. The van der Waals surface area contributed by atoms with Gasteiger partial charge in [-0.1, -0.05) is 120 Å². The quantitative estimate of drug-likeness (QED) is 0.0640. The van der Waals surface area contributed by atoms with E-state index in [1.807, 2.05) is 103 Å². The molecule has 0 spiro atoms. The van der Waals surface area contributed by atoms with Crippen LogP contribution in [0.25, 0.3) is 22.5 Å². The van der Waals surface area contributed by atoms with Crippen molar-refractivity contribution in [1.82, 2.24) is 20.6 Å². The largest absolute Gasteiger partial charge is 0.494 e. The fourth-order valence-electron chi connectivity index (χ4n) is 5.69. The molecule has 2 amide bonds. The summed E-state index contributed by atoms with van der Waals surface area (Å²) in [6, 6.07) is 29.0. The maximum absolute atomic E-state index is 13.5. The van der Waals surface area contributed by atoms with Crippen molar-refractivity contribution in [2.75, 3.05) is 13.2 Å². The predicted molar refractivity (Wildman–Crippen MR) is 217 cm³/mol. The van der Waals surface area contributed by atoms with Crippen LogP contribution < -0.4 is 15.4 Å². The van der Waals surface area contributed by atoms with Crippen LogP contribution in [0.3, 0.4) is 0 Å². The Balaban J connectivity index is 0.00000209. The van der Waals surface area contributed by atoms with Crippen LogP contribution >= 0.6 is 11.3 Å². The van der Waals surface area contributed by atoms with Crippen LogP contribution in [0.15, 0.2) is 103 Å². The minimum atomic E-state index is -0.738. The lowest BCUT2D eigenvalue weighted by Crippen LogP contribution is -2.48. The maximum atomic E-state index is 13.5. The number of benzene rings is 3. The van der Waals surface area contributed by atoms with Crippen LogP contribution in [0.5, 0.6) is 5.75 Å². The van der Waals surface area contributed by atoms with Crippen LogP contribution in [0.2, 0.25) is 0 Å². The average molecular weight is 749 g/mol. The van der Waals surface area contributed by atoms with Gasteiger partial charge in [0.2, 0.25) is 5.91 Å². The van der Waals surface area contributed by atoms with Crippen molar-refractivity contribution in [3.05, 3.63) is 124 Å². The van der Waals surface area contributed by atoms with E-state index >= 15 is 0 Å². The molecule has 5 aromatic rings. The normalized spacial score (nSPS) is 11.5. The van der Waals surface area contributed by atoms with Crippen molar-refractivity contribution in [1.29, 1.82) is 0 Å². The number of ether oxygens (including phenoxy) is 1. The molecule has 0 bridgehead atoms. The summed E-state index contributed by atoms with van der Waals surface area (Å²) in [5.41, 5.74) is 4.83. The second-order valence-corrected chi connectivity index (χ2v) is 15.1. The van der Waals surface area contributed by atoms with Crippen LogP contribution in [-0.2, 0) is 27.8 Å². The van der Waals surface area contributed by atoms with E-state index in [2.05, 4.69) is 48.3 Å². The number of carbonyl (C=O) groups is 3. The molecule has 0 aliphatic heterocycles. The van der Waals surface area contributed by atoms with Crippen LogP contribution in [-0.4, -0.2) is 52.6 Å². The van der Waals surface area contributed by atoms with Gasteiger partial charge in [-0.05, 0) is 59.2 Å². The standard InChI is InChI=1S/C43H50N4O3S.CH2O2/c1-5-6-7-8-12-27-50-36-21-19-33(20-22-36)35-29-45-40(46-30-35)34-17-15-32(16-18-34)28-37(41(48)44-26-25-31-13-10-9-11-14-31)47-42(49)38-23-24-39(51-38)43(2,3)4;2-1-3/h9-11,13-24,29-30,37H,5-8,12,25-28H2,1-4H3,(H,44,48)(H,47,49);1H,(H,2,3). The van der Waals surface area contributed by atoms with Crippen molar-refractivity contribution < 1.29 is 24.2 Å². The highest BCUT2D eigenvalue weighted by molar-refractivity contribution is 7.14. The minimum absolute atomic E-state index is 0.0586. The molecule has 2 heterocycles. The van der Waals surface area contributed by atoms with Gasteiger partial charge in [0.15, 0.2) is 5.82 Å². The van der Waals surface area contributed by atoms with Gasteiger partial charge in [-0.2, -0.15) is 0 Å². The van der Waals surface area contributed by atoms with E-state index in [0.29, 0.717) is 30.1 Å². The van der Waals surface area contributed by atoms with Gasteiger partial charge in [0, 0.05) is 41.4 Å². The number of hydrogen-bond acceptors (Lipinski definition) is 7. The van der Waals surface area contributed by atoms with Crippen molar-refractivity contribution >= 4 is 29.6 Å². The summed E-state index contributed by atoms with van der Waals surface area (Å²) < 4.78 is 5.91. The summed E-state index contributed by atoms with van der Waals surface area (Å²) in [6.07, 6.45) is 10.8. The number of unbranched alkanes of at least 4 members (excludes halogenated alkanes) is 4. The van der Waals surface area contributed by atoms with Crippen molar-refractivity contribution in [3.63, 3.8) is 0 Å². The molecule has 0 saturated heterocycles. The zero-order valence-electron chi connectivity index (χ0n) is 31.7. The maximum Gasteiger partial charge on any atom is 0.290 e. The zero-order chi connectivity index (χ0) is 38.8. The molecule has 1 atom stereocenters. The number of rotatable bonds is 17. The SMILES string of the molecule is CCCCCCCOc1ccc(-c2cnc(-c3ccc(CC(NC(=O)c4ccc(C(C)(C)C)s4)C(=O)NCCc4ccccc4)cc3)nc2)cc1.O=CO. The monoisotopic (exact) mass is 748 g/mol. The molecule has 1 unspecified atom stereocenters. The molecule has 2 aromatic heterocycles. The van der Waals surface area contributed by atoms with Gasteiger partial charge in [0.25, 0.3) is 12.4 Å². The summed E-state index contributed by atoms with van der Waals surface area (Å²) in [4.78, 5) is 46.2. The van der Waals surface area contributed by atoms with Crippen molar-refractivity contribution in [3.8, 4) is 28.3 Å². The molecular weight excluding hydrogens is 697 g/mol. The van der Waals surface area contributed by atoms with Gasteiger partial charge in [-0.15, -0.1) is 11.3 Å². The lowest BCUT2D eigenvalue weighted by atomic mass is 9.95. The molecular formula is C44H52N4O5S. The Kier molecular flexibility index (Phi) is 16.4. The Hall–Kier alpha value is -5.35. The number of carbonyl (C=O) groups excluding carboxylic acids is 2. The second kappa shape index (κ2) is 21.4. The molecule has 0 aliphatic rings. The van der Waals surface area contributed by atoms with Gasteiger partial charge < -0.3 is 20.5 Å². The Morgan fingerprint density at radius 1 is 0.815 bits per heavy atom. The molecule has 284 valence electrons. The van der Waals surface area contributed by atoms with E-state index in [1.165, 1.54) is 37.0 Å². The molecule has 5 rings (SSSR count).